The first-order chi connectivity index (χ1) is 11.1. The summed E-state index contributed by atoms with van der Waals surface area (Å²) in [7, 11) is 0. The summed E-state index contributed by atoms with van der Waals surface area (Å²) in [6.07, 6.45) is 3.60. The Morgan fingerprint density at radius 3 is 3.00 bits per heavy atom. The van der Waals surface area contributed by atoms with Crippen molar-refractivity contribution in [1.29, 1.82) is 0 Å². The number of likely N-dealkylation sites (tertiary alicyclic amines) is 1. The van der Waals surface area contributed by atoms with Crippen molar-refractivity contribution in [2.24, 2.45) is 5.92 Å². The molecule has 5 atom stereocenters. The van der Waals surface area contributed by atoms with Crippen molar-refractivity contribution in [2.45, 2.75) is 43.4 Å². The summed E-state index contributed by atoms with van der Waals surface area (Å²) in [5.41, 5.74) is 0. The van der Waals surface area contributed by atoms with Crippen LogP contribution in [0.5, 0.6) is 0 Å². The Balaban J connectivity index is 1.35. The Morgan fingerprint density at radius 2 is 2.26 bits per heavy atom. The van der Waals surface area contributed by atoms with Crippen LogP contribution in [0.4, 0.5) is 4.79 Å². The molecule has 3 heterocycles. The molecule has 1 aliphatic carbocycles. The number of carboxylic acid groups (broad SMARTS) is 1. The number of amides is 2. The average molecular weight is 320 g/mol. The lowest BCUT2D eigenvalue weighted by Crippen LogP contribution is -2.50. The van der Waals surface area contributed by atoms with E-state index in [2.05, 4.69) is 5.32 Å². The van der Waals surface area contributed by atoms with Gasteiger partial charge in [-0.15, -0.1) is 0 Å². The molecule has 0 radical (unpaired) electrons. The predicted octanol–water partition coefficient (Wildman–Crippen LogP) is 1.41. The highest BCUT2D eigenvalue weighted by atomic mass is 16.5. The van der Waals surface area contributed by atoms with Gasteiger partial charge in [0.1, 0.15) is 11.8 Å². The van der Waals surface area contributed by atoms with Crippen LogP contribution >= 0.6 is 0 Å². The molecule has 124 valence electrons. The van der Waals surface area contributed by atoms with Crippen molar-refractivity contribution in [3.05, 3.63) is 24.2 Å². The van der Waals surface area contributed by atoms with Gasteiger partial charge in [0.2, 0.25) is 0 Å². The number of aliphatic carboxylic acids is 1. The van der Waals surface area contributed by atoms with Crippen molar-refractivity contribution < 1.29 is 23.8 Å². The minimum atomic E-state index is -0.960. The lowest BCUT2D eigenvalue weighted by Gasteiger charge is -2.27. The van der Waals surface area contributed by atoms with E-state index in [0.717, 1.165) is 12.2 Å². The summed E-state index contributed by atoms with van der Waals surface area (Å²) in [6, 6.07) is 2.63. The van der Waals surface area contributed by atoms with Crippen LogP contribution in [-0.2, 0) is 9.53 Å². The zero-order valence-corrected chi connectivity index (χ0v) is 12.7. The van der Waals surface area contributed by atoms with Gasteiger partial charge in [0, 0.05) is 25.5 Å². The number of fused-ring (bicyclic) bond motifs is 1. The van der Waals surface area contributed by atoms with Crippen molar-refractivity contribution >= 4 is 12.0 Å². The Bertz CT molecular complexity index is 602. The maximum atomic E-state index is 12.5. The molecule has 0 aromatic carbocycles. The van der Waals surface area contributed by atoms with E-state index in [1.165, 1.54) is 4.90 Å². The van der Waals surface area contributed by atoms with E-state index in [1.54, 1.807) is 6.26 Å². The number of carbonyl (C=O) groups is 2. The largest absolute Gasteiger partial charge is 0.480 e. The first-order valence-electron chi connectivity index (χ1n) is 8.09. The molecule has 3 fully saturated rings. The average Bonchev–Trinajstić information content (AvgIpc) is 2.93. The van der Waals surface area contributed by atoms with Gasteiger partial charge in [0.25, 0.3) is 0 Å². The summed E-state index contributed by atoms with van der Waals surface area (Å²) >= 11 is 0. The Kier molecular flexibility index (Phi) is 3.52. The molecular weight excluding hydrogens is 300 g/mol. The van der Waals surface area contributed by atoms with Crippen LogP contribution in [-0.4, -0.2) is 53.3 Å². The second-order valence-electron chi connectivity index (χ2n) is 6.57. The van der Waals surface area contributed by atoms with Crippen molar-refractivity contribution in [3.63, 3.8) is 0 Å². The fourth-order valence-electron chi connectivity index (χ4n) is 3.89. The van der Waals surface area contributed by atoms with E-state index >= 15 is 0 Å². The van der Waals surface area contributed by atoms with E-state index in [9.17, 15) is 14.7 Å². The third-order valence-electron chi connectivity index (χ3n) is 5.19. The number of rotatable bonds is 4. The van der Waals surface area contributed by atoms with E-state index in [4.69, 9.17) is 9.15 Å². The topological polar surface area (TPSA) is 92.0 Å². The van der Waals surface area contributed by atoms with Crippen LogP contribution < -0.4 is 5.32 Å². The minimum Gasteiger partial charge on any atom is -0.480 e. The maximum absolute atomic E-state index is 12.5. The zero-order chi connectivity index (χ0) is 16.0. The monoisotopic (exact) mass is 320 g/mol. The second-order valence-corrected chi connectivity index (χ2v) is 6.57. The summed E-state index contributed by atoms with van der Waals surface area (Å²) < 4.78 is 10.9. The summed E-state index contributed by atoms with van der Waals surface area (Å²) in [5, 5.41) is 12.3. The van der Waals surface area contributed by atoms with E-state index in [0.29, 0.717) is 37.8 Å². The molecule has 2 N–H and O–H groups in total. The zero-order valence-electron chi connectivity index (χ0n) is 12.7. The third-order valence-corrected chi connectivity index (χ3v) is 5.19. The van der Waals surface area contributed by atoms with Crippen LogP contribution in [0, 0.1) is 5.92 Å². The van der Waals surface area contributed by atoms with Crippen molar-refractivity contribution in [1.82, 2.24) is 10.2 Å². The first-order valence-corrected chi connectivity index (χ1v) is 8.09. The molecule has 3 aliphatic rings. The standard InChI is InChI=1S/C16H20N2O5/c19-15(20)12-7-14-11(3-5-23-14)18(12)16(21)17-8-9-6-10(9)13-2-1-4-22-13/h1-2,4,9-12,14H,3,5-8H2,(H,17,21)(H,19,20)/t9-,10+,11-,12-,14-/m0/s1. The van der Waals surface area contributed by atoms with Crippen LogP contribution in [0.2, 0.25) is 0 Å². The SMILES string of the molecule is O=C(O)[C@@H]1C[C@@H]2OCC[C@@H]2N1C(=O)NC[C@@H]1C[C@H]1c1ccco1. The number of nitrogens with one attached hydrogen (secondary N) is 1. The molecule has 7 heteroatoms. The number of hydrogen-bond acceptors (Lipinski definition) is 4. The Hall–Kier alpha value is -2.02. The highest BCUT2D eigenvalue weighted by Gasteiger charge is 2.50. The van der Waals surface area contributed by atoms with Gasteiger partial charge < -0.3 is 24.5 Å². The fraction of sp³-hybridized carbons (Fsp3) is 0.625. The predicted molar refractivity (Wildman–Crippen MR) is 79.0 cm³/mol. The molecule has 2 aliphatic heterocycles. The van der Waals surface area contributed by atoms with E-state index in [-0.39, 0.29) is 18.2 Å². The normalized spacial score (nSPS) is 35.1. The van der Waals surface area contributed by atoms with Crippen LogP contribution in [0.15, 0.2) is 22.8 Å². The molecular formula is C16H20N2O5. The molecule has 2 saturated heterocycles. The molecule has 2 amide bonds. The van der Waals surface area contributed by atoms with Gasteiger partial charge >= 0.3 is 12.0 Å². The molecule has 4 rings (SSSR count). The van der Waals surface area contributed by atoms with Crippen LogP contribution in [0.1, 0.15) is 30.9 Å². The van der Waals surface area contributed by atoms with Crippen molar-refractivity contribution in [3.8, 4) is 0 Å². The van der Waals surface area contributed by atoms with E-state index in [1.807, 2.05) is 12.1 Å². The lowest BCUT2D eigenvalue weighted by molar-refractivity contribution is -0.141. The number of nitrogens with zero attached hydrogens (tertiary/aromatic N) is 1. The molecule has 23 heavy (non-hydrogen) atoms. The Labute approximate surface area is 133 Å². The smallest absolute Gasteiger partial charge is 0.326 e. The number of furan rings is 1. The van der Waals surface area contributed by atoms with Crippen LogP contribution in [0.3, 0.4) is 0 Å². The molecule has 1 saturated carbocycles. The maximum Gasteiger partial charge on any atom is 0.326 e. The molecule has 0 spiro atoms. The fourth-order valence-corrected chi connectivity index (χ4v) is 3.89. The molecule has 1 aromatic heterocycles. The van der Waals surface area contributed by atoms with Crippen LogP contribution in [0.25, 0.3) is 0 Å². The second kappa shape index (κ2) is 5.56. The van der Waals surface area contributed by atoms with Gasteiger partial charge in [-0.3, -0.25) is 0 Å². The van der Waals surface area contributed by atoms with E-state index < -0.39 is 12.0 Å². The number of carboxylic acids is 1. The van der Waals surface area contributed by atoms with Gasteiger partial charge in [-0.2, -0.15) is 0 Å². The molecule has 1 aromatic rings. The van der Waals surface area contributed by atoms with Gasteiger partial charge in [-0.1, -0.05) is 0 Å². The third kappa shape index (κ3) is 2.59. The molecule has 0 unspecified atom stereocenters. The van der Waals surface area contributed by atoms with Gasteiger partial charge in [-0.05, 0) is 30.9 Å². The lowest BCUT2D eigenvalue weighted by atomic mass is 10.1. The highest BCUT2D eigenvalue weighted by Crippen LogP contribution is 2.47. The first kappa shape index (κ1) is 14.6. The Morgan fingerprint density at radius 1 is 1.39 bits per heavy atom. The number of urea groups is 1. The van der Waals surface area contributed by atoms with Gasteiger partial charge in [0.15, 0.2) is 0 Å². The summed E-state index contributed by atoms with van der Waals surface area (Å²) in [4.78, 5) is 25.4. The van der Waals surface area contributed by atoms with Gasteiger partial charge in [-0.25, -0.2) is 9.59 Å². The minimum absolute atomic E-state index is 0.115. The summed E-state index contributed by atoms with van der Waals surface area (Å²) in [5.74, 6) is 0.726. The quantitative estimate of drug-likeness (QED) is 0.875. The number of carbonyl (C=O) groups excluding carboxylic acids is 1. The van der Waals surface area contributed by atoms with Gasteiger partial charge in [0.05, 0.1) is 18.4 Å². The number of ether oxygens (including phenoxy) is 1. The molecule has 0 bridgehead atoms. The summed E-state index contributed by atoms with van der Waals surface area (Å²) in [6.45, 7) is 1.14. The molecule has 7 nitrogen and oxygen atoms in total. The highest BCUT2D eigenvalue weighted by molar-refractivity contribution is 5.84. The van der Waals surface area contributed by atoms with Crippen molar-refractivity contribution in [2.75, 3.05) is 13.2 Å². The number of hydrogen-bond donors (Lipinski definition) is 2.